The Bertz CT molecular complexity index is 1090. The Labute approximate surface area is 166 Å². The second-order valence-electron chi connectivity index (χ2n) is 6.26. The molecule has 0 fully saturated rings. The van der Waals surface area contributed by atoms with Crippen LogP contribution < -0.4 is 21.2 Å². The van der Waals surface area contributed by atoms with E-state index in [1.807, 2.05) is 12.1 Å². The fourth-order valence-electron chi connectivity index (χ4n) is 2.69. The third kappa shape index (κ3) is 5.38. The topological polar surface area (TPSA) is 108 Å². The number of nitrogens with one attached hydrogen (secondary N) is 1. The molecule has 9 heteroatoms. The zero-order valence-electron chi connectivity index (χ0n) is 15.9. The number of carbonyl (C=O) groups excluding carboxylic acids is 1. The van der Waals surface area contributed by atoms with E-state index in [1.54, 1.807) is 25.3 Å². The number of aromatic nitrogens is 4. The van der Waals surface area contributed by atoms with Crippen molar-refractivity contribution >= 4 is 5.91 Å². The fourth-order valence-corrected chi connectivity index (χ4v) is 2.69. The van der Waals surface area contributed by atoms with Crippen LogP contribution in [-0.2, 0) is 17.9 Å². The molecule has 0 aliphatic heterocycles. The number of benzene rings is 1. The molecular weight excluding hydrogens is 374 g/mol. The van der Waals surface area contributed by atoms with Crippen molar-refractivity contribution < 1.29 is 9.53 Å². The monoisotopic (exact) mass is 395 g/mol. The third-order valence-corrected chi connectivity index (χ3v) is 4.23. The van der Waals surface area contributed by atoms with Crippen molar-refractivity contribution in [3.05, 3.63) is 75.7 Å². The highest BCUT2D eigenvalue weighted by atomic mass is 16.5. The largest absolute Gasteiger partial charge is 0.497 e. The minimum absolute atomic E-state index is 0.127. The Morgan fingerprint density at radius 2 is 1.93 bits per heavy atom. The molecule has 29 heavy (non-hydrogen) atoms. The summed E-state index contributed by atoms with van der Waals surface area (Å²) in [6.07, 6.45) is 3.44. The minimum atomic E-state index is -0.319. The summed E-state index contributed by atoms with van der Waals surface area (Å²) in [5.74, 6) is 0.408. The normalized spacial score (nSPS) is 10.5. The Morgan fingerprint density at radius 3 is 2.62 bits per heavy atom. The summed E-state index contributed by atoms with van der Waals surface area (Å²) in [7, 11) is 1.58. The first-order chi connectivity index (χ1) is 14.1. The van der Waals surface area contributed by atoms with Gasteiger partial charge in [-0.3, -0.25) is 19.0 Å². The third-order valence-electron chi connectivity index (χ3n) is 4.23. The molecule has 1 N–H and O–H groups in total. The van der Waals surface area contributed by atoms with Crippen molar-refractivity contribution in [3.63, 3.8) is 0 Å². The summed E-state index contributed by atoms with van der Waals surface area (Å²) in [6.45, 7) is 0.643. The van der Waals surface area contributed by atoms with Crippen molar-refractivity contribution in [2.24, 2.45) is 0 Å². The number of rotatable bonds is 8. The molecule has 0 saturated carbocycles. The Kier molecular flexibility index (Phi) is 6.51. The molecular formula is C20H21N5O4. The number of ether oxygens (including phenoxy) is 1. The van der Waals surface area contributed by atoms with Gasteiger partial charge in [0.1, 0.15) is 12.3 Å². The molecule has 0 atom stereocenters. The van der Waals surface area contributed by atoms with E-state index < -0.39 is 0 Å². The van der Waals surface area contributed by atoms with E-state index in [2.05, 4.69) is 15.4 Å². The average molecular weight is 395 g/mol. The van der Waals surface area contributed by atoms with Gasteiger partial charge in [0.05, 0.1) is 19.1 Å². The van der Waals surface area contributed by atoms with Gasteiger partial charge in [0.2, 0.25) is 5.91 Å². The van der Waals surface area contributed by atoms with Crippen molar-refractivity contribution in [3.8, 4) is 17.0 Å². The number of nitrogens with zero attached hydrogens (tertiary/aromatic N) is 4. The zero-order valence-corrected chi connectivity index (χ0v) is 15.9. The minimum Gasteiger partial charge on any atom is -0.497 e. The number of hydrogen-bond donors (Lipinski definition) is 1. The van der Waals surface area contributed by atoms with Gasteiger partial charge < -0.3 is 10.1 Å². The van der Waals surface area contributed by atoms with Crippen molar-refractivity contribution in [2.45, 2.75) is 19.5 Å². The van der Waals surface area contributed by atoms with E-state index in [4.69, 9.17) is 4.74 Å². The standard InChI is InChI=1S/C20H21N5O4/c1-29-16-7-5-15(6-8-16)17-12-20(28)24(14-22-17)13-18(26)21-9-3-11-25-19(27)4-2-10-23-25/h2,4-8,10,12,14H,3,9,11,13H2,1H3,(H,21,26). The van der Waals surface area contributed by atoms with E-state index >= 15 is 0 Å². The van der Waals surface area contributed by atoms with E-state index in [-0.39, 0.29) is 23.6 Å². The Morgan fingerprint density at radius 1 is 1.14 bits per heavy atom. The Hall–Kier alpha value is -3.75. The van der Waals surface area contributed by atoms with Crippen LogP contribution in [0.5, 0.6) is 5.75 Å². The first-order valence-electron chi connectivity index (χ1n) is 9.06. The van der Waals surface area contributed by atoms with Crippen LogP contribution >= 0.6 is 0 Å². The summed E-state index contributed by atoms with van der Waals surface area (Å²) >= 11 is 0. The van der Waals surface area contributed by atoms with E-state index in [0.29, 0.717) is 31.0 Å². The molecule has 2 heterocycles. The summed E-state index contributed by atoms with van der Waals surface area (Å²) in [4.78, 5) is 40.2. The molecule has 0 aliphatic carbocycles. The lowest BCUT2D eigenvalue weighted by Crippen LogP contribution is -2.33. The summed E-state index contributed by atoms with van der Waals surface area (Å²) in [5.41, 5.74) is 0.800. The maximum Gasteiger partial charge on any atom is 0.266 e. The number of carbonyl (C=O) groups is 1. The van der Waals surface area contributed by atoms with E-state index in [9.17, 15) is 14.4 Å². The molecule has 2 aromatic heterocycles. The second kappa shape index (κ2) is 9.45. The Balaban J connectivity index is 1.53. The van der Waals surface area contributed by atoms with Crippen LogP contribution in [0.25, 0.3) is 11.3 Å². The fraction of sp³-hybridized carbons (Fsp3) is 0.250. The predicted molar refractivity (Wildman–Crippen MR) is 107 cm³/mol. The smallest absolute Gasteiger partial charge is 0.266 e. The van der Waals surface area contributed by atoms with Gasteiger partial charge in [-0.05, 0) is 36.8 Å². The van der Waals surface area contributed by atoms with E-state index in [1.165, 1.54) is 33.9 Å². The molecule has 150 valence electrons. The van der Waals surface area contributed by atoms with Crippen molar-refractivity contribution in [2.75, 3.05) is 13.7 Å². The van der Waals surface area contributed by atoms with Gasteiger partial charge in [-0.1, -0.05) is 0 Å². The summed E-state index contributed by atoms with van der Waals surface area (Å²) in [6, 6.07) is 11.6. The lowest BCUT2D eigenvalue weighted by atomic mass is 10.1. The summed E-state index contributed by atoms with van der Waals surface area (Å²) < 4.78 is 7.69. The van der Waals surface area contributed by atoms with Crippen LogP contribution in [-0.4, -0.2) is 38.9 Å². The highest BCUT2D eigenvalue weighted by Crippen LogP contribution is 2.19. The molecule has 0 aliphatic rings. The molecule has 1 aromatic carbocycles. The zero-order chi connectivity index (χ0) is 20.6. The van der Waals surface area contributed by atoms with E-state index in [0.717, 1.165) is 5.56 Å². The number of amides is 1. The lowest BCUT2D eigenvalue weighted by molar-refractivity contribution is -0.121. The number of aryl methyl sites for hydroxylation is 1. The average Bonchev–Trinajstić information content (AvgIpc) is 2.74. The van der Waals surface area contributed by atoms with Crippen LogP contribution in [0.2, 0.25) is 0 Å². The molecule has 0 radical (unpaired) electrons. The van der Waals surface area contributed by atoms with Crippen molar-refractivity contribution in [1.29, 1.82) is 0 Å². The SMILES string of the molecule is COc1ccc(-c2cc(=O)n(CC(=O)NCCCn3ncccc3=O)cn2)cc1. The van der Waals surface area contributed by atoms with Gasteiger partial charge >= 0.3 is 0 Å². The van der Waals surface area contributed by atoms with Crippen molar-refractivity contribution in [1.82, 2.24) is 24.6 Å². The van der Waals surface area contributed by atoms with Crippen LogP contribution in [0.15, 0.2) is 64.6 Å². The molecule has 3 aromatic rings. The first kappa shape index (κ1) is 20.0. The maximum absolute atomic E-state index is 12.3. The summed E-state index contributed by atoms with van der Waals surface area (Å²) in [5, 5.41) is 6.67. The first-order valence-corrected chi connectivity index (χ1v) is 9.06. The molecule has 0 bridgehead atoms. The van der Waals surface area contributed by atoms with Gasteiger partial charge in [-0.15, -0.1) is 0 Å². The molecule has 9 nitrogen and oxygen atoms in total. The van der Waals surface area contributed by atoms with Gasteiger partial charge in [0.25, 0.3) is 11.1 Å². The molecule has 3 rings (SSSR count). The number of methoxy groups -OCH3 is 1. The highest BCUT2D eigenvalue weighted by molar-refractivity contribution is 5.75. The van der Waals surface area contributed by atoms with Crippen LogP contribution in [0.4, 0.5) is 0 Å². The molecule has 0 saturated heterocycles. The number of hydrogen-bond acceptors (Lipinski definition) is 6. The van der Waals surface area contributed by atoms with Gasteiger partial charge in [0.15, 0.2) is 0 Å². The van der Waals surface area contributed by atoms with Crippen LogP contribution in [0, 0.1) is 0 Å². The van der Waals surface area contributed by atoms with Gasteiger partial charge in [-0.2, -0.15) is 5.10 Å². The molecule has 1 amide bonds. The molecule has 0 unspecified atom stereocenters. The van der Waals surface area contributed by atoms with Gasteiger partial charge in [-0.25, -0.2) is 9.67 Å². The van der Waals surface area contributed by atoms with Gasteiger partial charge in [0, 0.05) is 37.0 Å². The predicted octanol–water partition coefficient (Wildman–Crippen LogP) is 0.682. The highest BCUT2D eigenvalue weighted by Gasteiger charge is 2.07. The second-order valence-corrected chi connectivity index (χ2v) is 6.26. The maximum atomic E-state index is 12.3. The van der Waals surface area contributed by atoms with Crippen LogP contribution in [0.1, 0.15) is 6.42 Å². The molecule has 0 spiro atoms. The quantitative estimate of drug-likeness (QED) is 0.562. The van der Waals surface area contributed by atoms with Crippen LogP contribution in [0.3, 0.4) is 0 Å². The lowest BCUT2D eigenvalue weighted by Gasteiger charge is -2.09.